The van der Waals surface area contributed by atoms with Crippen LogP contribution in [0.3, 0.4) is 0 Å². The van der Waals surface area contributed by atoms with Crippen LogP contribution in [0.2, 0.25) is 0 Å². The molecule has 1 atom stereocenters. The molecule has 0 fully saturated rings. The van der Waals surface area contributed by atoms with Gasteiger partial charge in [-0.2, -0.15) is 0 Å². The van der Waals surface area contributed by atoms with Crippen LogP contribution in [0.1, 0.15) is 10.6 Å². The summed E-state index contributed by atoms with van der Waals surface area (Å²) in [6, 6.07) is 17.3. The Morgan fingerprint density at radius 1 is 1.10 bits per heavy atom. The molecule has 1 unspecified atom stereocenters. The van der Waals surface area contributed by atoms with Crippen LogP contribution in [0.4, 0.5) is 0 Å². The topological polar surface area (TPSA) is 56.0 Å². The summed E-state index contributed by atoms with van der Waals surface area (Å²) >= 11 is 1.56. The van der Waals surface area contributed by atoms with Crippen molar-refractivity contribution in [2.45, 2.75) is 18.9 Å². The number of Topliss-reactive ketones (excluding diaryl/α,β-unsaturated/α-hetero) is 1. The van der Waals surface area contributed by atoms with E-state index in [0.717, 1.165) is 20.8 Å². The Balaban J connectivity index is 1.68. The van der Waals surface area contributed by atoms with E-state index in [1.165, 1.54) is 0 Å². The summed E-state index contributed by atoms with van der Waals surface area (Å²) in [5.74, 6) is 0.0397. The maximum absolute atomic E-state index is 12.2. The number of fused-ring (bicyclic) bond motifs is 1. The molecule has 0 saturated heterocycles. The number of ketones is 1. The molecule has 0 aliphatic heterocycles. The van der Waals surface area contributed by atoms with E-state index in [-0.39, 0.29) is 5.78 Å². The van der Waals surface area contributed by atoms with Gasteiger partial charge in [-0.1, -0.05) is 42.5 Å². The van der Waals surface area contributed by atoms with Gasteiger partial charge < -0.3 is 5.73 Å². The number of hydrogen-bond acceptors (Lipinski definition) is 4. The Morgan fingerprint density at radius 3 is 2.57 bits per heavy atom. The smallest absolute Gasteiger partial charge is 0.156 e. The molecular weight excluding hydrogens is 280 g/mol. The minimum Gasteiger partial charge on any atom is -0.321 e. The molecule has 1 aromatic heterocycles. The van der Waals surface area contributed by atoms with Crippen LogP contribution < -0.4 is 5.73 Å². The van der Waals surface area contributed by atoms with Gasteiger partial charge in [-0.25, -0.2) is 4.98 Å². The van der Waals surface area contributed by atoms with Crippen molar-refractivity contribution >= 4 is 27.3 Å². The van der Waals surface area contributed by atoms with Gasteiger partial charge in [-0.05, 0) is 24.1 Å². The third kappa shape index (κ3) is 3.35. The molecule has 0 radical (unpaired) electrons. The predicted octanol–water partition coefficient (Wildman–Crippen LogP) is 2.98. The highest BCUT2D eigenvalue weighted by molar-refractivity contribution is 7.18. The maximum atomic E-state index is 12.2. The zero-order valence-electron chi connectivity index (χ0n) is 11.5. The van der Waals surface area contributed by atoms with E-state index >= 15 is 0 Å². The highest BCUT2D eigenvalue weighted by Gasteiger charge is 2.16. The largest absolute Gasteiger partial charge is 0.321 e. The van der Waals surface area contributed by atoms with E-state index in [9.17, 15) is 4.79 Å². The Bertz CT molecular complexity index is 719. The van der Waals surface area contributed by atoms with Crippen LogP contribution in [-0.4, -0.2) is 16.8 Å². The van der Waals surface area contributed by atoms with Crippen LogP contribution >= 0.6 is 11.3 Å². The molecule has 0 spiro atoms. The summed E-state index contributed by atoms with van der Waals surface area (Å²) in [4.78, 5) is 16.7. The first kappa shape index (κ1) is 13.9. The molecular formula is C17H16N2OS. The van der Waals surface area contributed by atoms with Gasteiger partial charge in [0.15, 0.2) is 5.78 Å². The molecule has 0 saturated carbocycles. The Hall–Kier alpha value is -2.04. The van der Waals surface area contributed by atoms with Crippen molar-refractivity contribution in [3.63, 3.8) is 0 Å². The molecule has 0 aliphatic rings. The van der Waals surface area contributed by atoms with E-state index in [1.807, 2.05) is 54.6 Å². The first-order valence-corrected chi connectivity index (χ1v) is 7.71. The second kappa shape index (κ2) is 6.16. The minimum absolute atomic E-state index is 0.0397. The molecule has 0 aliphatic carbocycles. The number of thiazole rings is 1. The molecule has 0 amide bonds. The third-order valence-electron chi connectivity index (χ3n) is 3.38. The Kier molecular flexibility index (Phi) is 4.08. The molecule has 4 heteroatoms. The number of para-hydroxylation sites is 1. The van der Waals surface area contributed by atoms with Gasteiger partial charge >= 0.3 is 0 Å². The molecule has 106 valence electrons. The van der Waals surface area contributed by atoms with Crippen LogP contribution in [0.15, 0.2) is 54.6 Å². The lowest BCUT2D eigenvalue weighted by atomic mass is 10.0. The molecule has 3 rings (SSSR count). The minimum atomic E-state index is -0.473. The van der Waals surface area contributed by atoms with Gasteiger partial charge in [0.1, 0.15) is 5.01 Å². The van der Waals surface area contributed by atoms with Crippen LogP contribution in [-0.2, 0) is 17.6 Å². The Labute approximate surface area is 127 Å². The van der Waals surface area contributed by atoms with Crippen molar-refractivity contribution in [2.24, 2.45) is 5.73 Å². The predicted molar refractivity (Wildman–Crippen MR) is 86.5 cm³/mol. The average Bonchev–Trinajstić information content (AvgIpc) is 2.90. The van der Waals surface area contributed by atoms with E-state index in [4.69, 9.17) is 5.73 Å². The van der Waals surface area contributed by atoms with Crippen LogP contribution in [0.5, 0.6) is 0 Å². The molecule has 2 aromatic carbocycles. The number of aromatic nitrogens is 1. The molecule has 2 N–H and O–H groups in total. The lowest BCUT2D eigenvalue weighted by molar-refractivity contribution is -0.119. The first-order chi connectivity index (χ1) is 10.2. The standard InChI is InChI=1S/C17H16N2OS/c18-13(10-12-6-2-1-3-7-12)15(20)11-17-19-14-8-4-5-9-16(14)21-17/h1-9,13H,10-11,18H2. The van der Waals surface area contributed by atoms with E-state index in [0.29, 0.717) is 12.8 Å². The van der Waals surface area contributed by atoms with Gasteiger partial charge in [0.2, 0.25) is 0 Å². The third-order valence-corrected chi connectivity index (χ3v) is 4.41. The van der Waals surface area contributed by atoms with Crippen molar-refractivity contribution in [1.82, 2.24) is 4.98 Å². The van der Waals surface area contributed by atoms with Gasteiger partial charge in [0.25, 0.3) is 0 Å². The fourth-order valence-corrected chi connectivity index (χ4v) is 3.23. The number of nitrogens with two attached hydrogens (primary N) is 1. The molecule has 3 aromatic rings. The van der Waals surface area contributed by atoms with Crippen molar-refractivity contribution in [3.8, 4) is 0 Å². The summed E-state index contributed by atoms with van der Waals surface area (Å²) < 4.78 is 1.11. The molecule has 0 bridgehead atoms. The van der Waals surface area contributed by atoms with Crippen molar-refractivity contribution in [3.05, 3.63) is 65.2 Å². The summed E-state index contributed by atoms with van der Waals surface area (Å²) in [7, 11) is 0. The van der Waals surface area contributed by atoms with E-state index in [1.54, 1.807) is 11.3 Å². The van der Waals surface area contributed by atoms with Gasteiger partial charge in [-0.15, -0.1) is 11.3 Å². The summed E-state index contributed by atoms with van der Waals surface area (Å²) in [5, 5.41) is 0.838. The van der Waals surface area contributed by atoms with Gasteiger partial charge in [-0.3, -0.25) is 4.79 Å². The zero-order chi connectivity index (χ0) is 14.7. The number of benzene rings is 2. The summed E-state index contributed by atoms with van der Waals surface area (Å²) in [6.07, 6.45) is 0.887. The highest BCUT2D eigenvalue weighted by atomic mass is 32.1. The van der Waals surface area contributed by atoms with Crippen LogP contribution in [0.25, 0.3) is 10.2 Å². The molecule has 21 heavy (non-hydrogen) atoms. The normalized spacial score (nSPS) is 12.4. The van der Waals surface area contributed by atoms with E-state index in [2.05, 4.69) is 4.98 Å². The fraction of sp³-hybridized carbons (Fsp3) is 0.176. The number of nitrogens with zero attached hydrogens (tertiary/aromatic N) is 1. The van der Waals surface area contributed by atoms with E-state index < -0.39 is 6.04 Å². The summed E-state index contributed by atoms with van der Waals surface area (Å²) in [5.41, 5.74) is 8.05. The van der Waals surface area contributed by atoms with Gasteiger partial charge in [0.05, 0.1) is 22.7 Å². The zero-order valence-corrected chi connectivity index (χ0v) is 12.3. The number of carbonyl (C=O) groups excluding carboxylic acids is 1. The summed E-state index contributed by atoms with van der Waals surface area (Å²) in [6.45, 7) is 0. The monoisotopic (exact) mass is 296 g/mol. The number of hydrogen-bond donors (Lipinski definition) is 1. The fourth-order valence-electron chi connectivity index (χ4n) is 2.26. The quantitative estimate of drug-likeness (QED) is 0.787. The van der Waals surface area contributed by atoms with Crippen molar-refractivity contribution in [2.75, 3.05) is 0 Å². The van der Waals surface area contributed by atoms with Crippen molar-refractivity contribution < 1.29 is 4.79 Å². The molecule has 3 nitrogen and oxygen atoms in total. The average molecular weight is 296 g/mol. The van der Waals surface area contributed by atoms with Crippen LogP contribution in [0, 0.1) is 0 Å². The van der Waals surface area contributed by atoms with Crippen molar-refractivity contribution in [1.29, 1.82) is 0 Å². The SMILES string of the molecule is NC(Cc1ccccc1)C(=O)Cc1nc2ccccc2s1. The lowest BCUT2D eigenvalue weighted by Crippen LogP contribution is -2.33. The Morgan fingerprint density at radius 2 is 1.81 bits per heavy atom. The molecule has 1 heterocycles. The lowest BCUT2D eigenvalue weighted by Gasteiger charge is -2.09. The first-order valence-electron chi connectivity index (χ1n) is 6.89. The second-order valence-electron chi connectivity index (χ2n) is 5.01. The highest BCUT2D eigenvalue weighted by Crippen LogP contribution is 2.22. The number of carbonyl (C=O) groups is 1. The second-order valence-corrected chi connectivity index (χ2v) is 6.13. The maximum Gasteiger partial charge on any atom is 0.156 e. The van der Waals surface area contributed by atoms with Gasteiger partial charge in [0, 0.05) is 0 Å². The number of rotatable bonds is 5.